The first kappa shape index (κ1) is 24.5. The fourth-order valence-electron chi connectivity index (χ4n) is 4.04. The highest BCUT2D eigenvalue weighted by Gasteiger charge is 2.26. The van der Waals surface area contributed by atoms with Crippen LogP contribution in [0.25, 0.3) is 11.0 Å². The zero-order valence-electron chi connectivity index (χ0n) is 19.0. The van der Waals surface area contributed by atoms with Gasteiger partial charge in [0.2, 0.25) is 0 Å². The fourth-order valence-corrected chi connectivity index (χ4v) is 4.36. The molecule has 0 saturated carbocycles. The van der Waals surface area contributed by atoms with Gasteiger partial charge in [-0.2, -0.15) is 0 Å². The predicted octanol–water partition coefficient (Wildman–Crippen LogP) is 4.88. The summed E-state index contributed by atoms with van der Waals surface area (Å²) in [6, 6.07) is 8.91. The number of benzene rings is 2. The van der Waals surface area contributed by atoms with E-state index in [0.29, 0.717) is 54.2 Å². The van der Waals surface area contributed by atoms with Crippen LogP contribution in [0.2, 0.25) is 10.0 Å². The predicted molar refractivity (Wildman–Crippen MR) is 130 cm³/mol. The number of aryl methyl sites for hydroxylation is 2. The molecule has 0 atom stereocenters. The van der Waals surface area contributed by atoms with Crippen LogP contribution in [0.15, 0.2) is 39.5 Å². The summed E-state index contributed by atoms with van der Waals surface area (Å²) in [6.07, 6.45) is 0.642. The Balaban J connectivity index is 1.63. The molecular formula is C25H25Cl2NO6. The molecule has 34 heavy (non-hydrogen) atoms. The van der Waals surface area contributed by atoms with Gasteiger partial charge in [0.1, 0.15) is 24.7 Å². The molecule has 0 amide bonds. The molecule has 7 nitrogen and oxygen atoms in total. The van der Waals surface area contributed by atoms with Crippen LogP contribution in [-0.2, 0) is 33.8 Å². The molecule has 0 N–H and O–H groups in total. The van der Waals surface area contributed by atoms with Crippen LogP contribution in [0.5, 0.6) is 5.75 Å². The van der Waals surface area contributed by atoms with E-state index < -0.39 is 5.63 Å². The van der Waals surface area contributed by atoms with Crippen molar-refractivity contribution in [2.75, 3.05) is 27.1 Å². The molecule has 0 saturated heterocycles. The van der Waals surface area contributed by atoms with Gasteiger partial charge in [-0.3, -0.25) is 9.69 Å². The summed E-state index contributed by atoms with van der Waals surface area (Å²) >= 11 is 12.2. The van der Waals surface area contributed by atoms with Crippen molar-refractivity contribution in [1.82, 2.24) is 4.90 Å². The second-order valence-electron chi connectivity index (χ2n) is 8.19. The third-order valence-corrected chi connectivity index (χ3v) is 6.42. The molecule has 9 heteroatoms. The summed E-state index contributed by atoms with van der Waals surface area (Å²) in [5.74, 6) is 0.343. The van der Waals surface area contributed by atoms with E-state index in [4.69, 9.17) is 41.8 Å². The van der Waals surface area contributed by atoms with Gasteiger partial charge < -0.3 is 18.6 Å². The maximum Gasteiger partial charge on any atom is 0.336 e. The maximum absolute atomic E-state index is 12.1. The summed E-state index contributed by atoms with van der Waals surface area (Å²) in [5.41, 5.74) is 3.54. The Bertz CT molecular complexity index is 1270. The average molecular weight is 506 g/mol. The lowest BCUT2D eigenvalue weighted by atomic mass is 9.97. The van der Waals surface area contributed by atoms with E-state index >= 15 is 0 Å². The lowest BCUT2D eigenvalue weighted by molar-refractivity contribution is -0.144. The first-order chi connectivity index (χ1) is 16.4. The van der Waals surface area contributed by atoms with Gasteiger partial charge in [0.25, 0.3) is 0 Å². The molecule has 1 aliphatic heterocycles. The van der Waals surface area contributed by atoms with Gasteiger partial charge in [0, 0.05) is 38.1 Å². The molecule has 0 radical (unpaired) electrons. The van der Waals surface area contributed by atoms with Gasteiger partial charge in [-0.25, -0.2) is 4.79 Å². The quantitative estimate of drug-likeness (QED) is 0.245. The van der Waals surface area contributed by atoms with E-state index in [0.717, 1.165) is 27.6 Å². The average Bonchev–Trinajstić information content (AvgIpc) is 2.80. The van der Waals surface area contributed by atoms with Crippen molar-refractivity contribution in [3.63, 3.8) is 0 Å². The first-order valence-electron chi connectivity index (χ1n) is 10.9. The fraction of sp³-hybridized carbons (Fsp3) is 0.360. The summed E-state index contributed by atoms with van der Waals surface area (Å²) in [7, 11) is 1.55. The molecule has 1 aromatic heterocycles. The monoisotopic (exact) mass is 505 g/mol. The van der Waals surface area contributed by atoms with Gasteiger partial charge >= 0.3 is 11.6 Å². The summed E-state index contributed by atoms with van der Waals surface area (Å²) < 4.78 is 21.9. The van der Waals surface area contributed by atoms with E-state index in [1.54, 1.807) is 13.2 Å². The van der Waals surface area contributed by atoms with E-state index in [-0.39, 0.29) is 19.0 Å². The largest absolute Gasteiger partial charge is 0.477 e. The second-order valence-corrected chi connectivity index (χ2v) is 9.01. The lowest BCUT2D eigenvalue weighted by Crippen LogP contribution is -2.32. The molecule has 0 spiro atoms. The van der Waals surface area contributed by atoms with Crippen molar-refractivity contribution in [3.05, 3.63) is 73.1 Å². The Hall–Kier alpha value is -2.58. The molecular weight excluding hydrogens is 481 g/mol. The highest BCUT2D eigenvalue weighted by atomic mass is 35.5. The Morgan fingerprint density at radius 2 is 1.97 bits per heavy atom. The van der Waals surface area contributed by atoms with Crippen LogP contribution in [-0.4, -0.2) is 37.9 Å². The number of fused-ring (bicyclic) bond motifs is 3. The number of nitrogens with zero attached hydrogens (tertiary/aromatic N) is 1. The van der Waals surface area contributed by atoms with E-state index in [2.05, 4.69) is 4.90 Å². The number of carbonyl (C=O) groups is 1. The smallest absolute Gasteiger partial charge is 0.336 e. The van der Waals surface area contributed by atoms with Gasteiger partial charge in [-0.1, -0.05) is 29.3 Å². The Kier molecular flexibility index (Phi) is 7.78. The van der Waals surface area contributed by atoms with E-state index in [1.807, 2.05) is 25.1 Å². The van der Waals surface area contributed by atoms with Crippen molar-refractivity contribution in [2.24, 2.45) is 0 Å². The van der Waals surface area contributed by atoms with Gasteiger partial charge in [-0.15, -0.1) is 0 Å². The van der Waals surface area contributed by atoms with Crippen molar-refractivity contribution >= 4 is 40.1 Å². The van der Waals surface area contributed by atoms with Crippen LogP contribution in [0.4, 0.5) is 0 Å². The minimum Gasteiger partial charge on any atom is -0.477 e. The van der Waals surface area contributed by atoms with Crippen LogP contribution in [0, 0.1) is 6.92 Å². The van der Waals surface area contributed by atoms with Crippen LogP contribution < -0.4 is 10.4 Å². The number of methoxy groups -OCH3 is 1. The third kappa shape index (κ3) is 5.55. The number of hydrogen-bond donors (Lipinski definition) is 0. The zero-order chi connectivity index (χ0) is 24.2. The third-order valence-electron chi connectivity index (χ3n) is 5.68. The number of halogens is 2. The molecule has 1 aliphatic rings. The number of esters is 1. The van der Waals surface area contributed by atoms with Gasteiger partial charge in [0.15, 0.2) is 0 Å². The molecule has 180 valence electrons. The molecule has 4 rings (SSSR count). The highest BCUT2D eigenvalue weighted by Crippen LogP contribution is 2.37. The number of carbonyl (C=O) groups excluding carboxylic acids is 1. The van der Waals surface area contributed by atoms with Crippen LogP contribution in [0.3, 0.4) is 0 Å². The standard InChI is InChI=1S/C25H25Cl2NO6/c1-15-9-23(30)34-25-18(15)11-17(4-6-22(29)32-8-7-31-2)24-19(25)13-28(14-33-24)12-16-3-5-20(26)21(27)10-16/h3,5,9-11H,4,6-8,12-14H2,1-2H3. The zero-order valence-corrected chi connectivity index (χ0v) is 20.5. The summed E-state index contributed by atoms with van der Waals surface area (Å²) in [6.45, 7) is 3.85. The molecule has 0 bridgehead atoms. The van der Waals surface area contributed by atoms with E-state index in [1.165, 1.54) is 6.07 Å². The van der Waals surface area contributed by atoms with Crippen LogP contribution >= 0.6 is 23.2 Å². The van der Waals surface area contributed by atoms with Gasteiger partial charge in [-0.05, 0) is 48.2 Å². The number of hydrogen-bond acceptors (Lipinski definition) is 7. The Morgan fingerprint density at radius 3 is 2.74 bits per heavy atom. The van der Waals surface area contributed by atoms with Gasteiger partial charge in [0.05, 0.1) is 22.2 Å². The maximum atomic E-state index is 12.1. The minimum atomic E-state index is -0.414. The van der Waals surface area contributed by atoms with E-state index in [9.17, 15) is 9.59 Å². The van der Waals surface area contributed by atoms with Crippen molar-refractivity contribution < 1.29 is 23.4 Å². The van der Waals surface area contributed by atoms with Crippen molar-refractivity contribution in [3.8, 4) is 5.75 Å². The Morgan fingerprint density at radius 1 is 1.15 bits per heavy atom. The number of ether oxygens (including phenoxy) is 3. The SMILES string of the molecule is COCCOC(=O)CCc1cc2c(C)cc(=O)oc2c2c1OCN(Cc1ccc(Cl)c(Cl)c1)C2. The second kappa shape index (κ2) is 10.8. The summed E-state index contributed by atoms with van der Waals surface area (Å²) in [4.78, 5) is 26.3. The lowest BCUT2D eigenvalue weighted by Gasteiger charge is -2.31. The Labute approximate surface area is 207 Å². The molecule has 0 fully saturated rings. The van der Waals surface area contributed by atoms with Crippen LogP contribution in [0.1, 0.15) is 28.7 Å². The molecule has 2 aromatic carbocycles. The number of rotatable bonds is 8. The normalized spacial score (nSPS) is 13.5. The van der Waals surface area contributed by atoms with Crippen molar-refractivity contribution in [1.29, 1.82) is 0 Å². The van der Waals surface area contributed by atoms with Crippen molar-refractivity contribution in [2.45, 2.75) is 32.9 Å². The molecule has 3 aromatic rings. The molecule has 0 aliphatic carbocycles. The first-order valence-corrected chi connectivity index (χ1v) is 11.6. The minimum absolute atomic E-state index is 0.202. The topological polar surface area (TPSA) is 78.2 Å². The molecule has 0 unspecified atom stereocenters. The molecule has 2 heterocycles. The summed E-state index contributed by atoms with van der Waals surface area (Å²) in [5, 5.41) is 1.81. The highest BCUT2D eigenvalue weighted by molar-refractivity contribution is 6.42.